The molecule has 1 aliphatic heterocycles. The van der Waals surface area contributed by atoms with E-state index in [0.717, 1.165) is 42.7 Å². The molecule has 1 aliphatic rings. The average Bonchev–Trinajstić information content (AvgIpc) is 3.08. The van der Waals surface area contributed by atoms with Gasteiger partial charge >= 0.3 is 0 Å². The van der Waals surface area contributed by atoms with Gasteiger partial charge in [0, 0.05) is 32.1 Å². The predicted molar refractivity (Wildman–Crippen MR) is 109 cm³/mol. The molecule has 0 bridgehead atoms. The molecule has 1 fully saturated rings. The van der Waals surface area contributed by atoms with Crippen molar-refractivity contribution in [2.75, 3.05) is 26.7 Å². The molecule has 0 aliphatic carbocycles. The summed E-state index contributed by atoms with van der Waals surface area (Å²) in [6.45, 7) is 6.70. The van der Waals surface area contributed by atoms with Crippen LogP contribution in [0.2, 0.25) is 0 Å². The highest BCUT2D eigenvalue weighted by atomic mass is 32.1. The molecule has 1 aromatic carbocycles. The molecule has 2 N–H and O–H groups in total. The number of rotatable bonds is 6. The molecule has 7 heteroatoms. The van der Waals surface area contributed by atoms with Crippen LogP contribution in [0, 0.1) is 18.7 Å². The van der Waals surface area contributed by atoms with Crippen LogP contribution < -0.4 is 10.6 Å². The molecule has 0 amide bonds. The number of nitrogens with zero attached hydrogens (tertiary/aromatic N) is 3. The first kappa shape index (κ1) is 19.8. The quantitative estimate of drug-likeness (QED) is 0.589. The maximum atomic E-state index is 13.3. The number of hydrogen-bond acceptors (Lipinski definition) is 4. The second-order valence-electron chi connectivity index (χ2n) is 7.01. The monoisotopic (exact) mass is 389 g/mol. The van der Waals surface area contributed by atoms with E-state index in [1.807, 2.05) is 6.07 Å². The highest BCUT2D eigenvalue weighted by Crippen LogP contribution is 2.19. The van der Waals surface area contributed by atoms with Gasteiger partial charge in [-0.1, -0.05) is 12.1 Å². The summed E-state index contributed by atoms with van der Waals surface area (Å²) in [5.74, 6) is 1.20. The van der Waals surface area contributed by atoms with Gasteiger partial charge in [-0.2, -0.15) is 0 Å². The van der Waals surface area contributed by atoms with Crippen LogP contribution in [0.1, 0.15) is 29.1 Å². The molecule has 0 radical (unpaired) electrons. The average molecular weight is 390 g/mol. The Morgan fingerprint density at radius 2 is 2.15 bits per heavy atom. The molecule has 3 rings (SSSR count). The van der Waals surface area contributed by atoms with Crippen LogP contribution in [0.4, 0.5) is 4.39 Å². The Hall–Kier alpha value is -1.99. The first-order valence-electron chi connectivity index (χ1n) is 9.44. The second-order valence-corrected chi connectivity index (χ2v) is 8.08. The van der Waals surface area contributed by atoms with Crippen molar-refractivity contribution in [1.29, 1.82) is 0 Å². The Balaban J connectivity index is 1.37. The normalized spacial score (nSPS) is 16.5. The summed E-state index contributed by atoms with van der Waals surface area (Å²) in [5, 5.41) is 9.96. The van der Waals surface area contributed by atoms with Gasteiger partial charge in [0.15, 0.2) is 5.96 Å². The van der Waals surface area contributed by atoms with Gasteiger partial charge in [0.1, 0.15) is 5.82 Å². The molecule has 0 saturated carbocycles. The van der Waals surface area contributed by atoms with E-state index in [-0.39, 0.29) is 5.82 Å². The Labute approximate surface area is 164 Å². The molecule has 0 unspecified atom stereocenters. The molecular formula is C20H28FN5S. The fourth-order valence-corrected chi connectivity index (χ4v) is 3.96. The van der Waals surface area contributed by atoms with E-state index in [4.69, 9.17) is 0 Å². The summed E-state index contributed by atoms with van der Waals surface area (Å²) in [4.78, 5) is 11.3. The Kier molecular flexibility index (Phi) is 7.18. The summed E-state index contributed by atoms with van der Waals surface area (Å²) in [6.07, 6.45) is 2.36. The number of hydrogen-bond donors (Lipinski definition) is 2. The van der Waals surface area contributed by atoms with E-state index in [9.17, 15) is 4.39 Å². The standard InChI is InChI=1S/C20H28FN5S/c1-15-25-19(14-27-15)13-26-8-6-16(7-9-26)11-23-20(22-2)24-12-17-4-3-5-18(21)10-17/h3-5,10,14,16H,6-9,11-13H2,1-2H3,(H2,22,23,24). The number of benzene rings is 1. The first-order valence-corrected chi connectivity index (χ1v) is 10.3. The van der Waals surface area contributed by atoms with Gasteiger partial charge in [-0.25, -0.2) is 9.37 Å². The van der Waals surface area contributed by atoms with E-state index in [2.05, 4.69) is 37.8 Å². The lowest BCUT2D eigenvalue weighted by molar-refractivity contribution is 0.176. The van der Waals surface area contributed by atoms with Crippen LogP contribution in [-0.4, -0.2) is 42.5 Å². The van der Waals surface area contributed by atoms with Gasteiger partial charge in [-0.15, -0.1) is 11.3 Å². The predicted octanol–water partition coefficient (Wildman–Crippen LogP) is 3.17. The van der Waals surface area contributed by atoms with E-state index in [1.54, 1.807) is 30.5 Å². The van der Waals surface area contributed by atoms with Crippen molar-refractivity contribution < 1.29 is 4.39 Å². The Bertz CT molecular complexity index is 752. The summed E-state index contributed by atoms with van der Waals surface area (Å²) in [5.41, 5.74) is 2.10. The van der Waals surface area contributed by atoms with Gasteiger partial charge in [0.2, 0.25) is 0 Å². The fraction of sp³-hybridized carbons (Fsp3) is 0.500. The third-order valence-electron chi connectivity index (χ3n) is 4.89. The smallest absolute Gasteiger partial charge is 0.191 e. The number of thiazole rings is 1. The molecule has 5 nitrogen and oxygen atoms in total. The van der Waals surface area contributed by atoms with Gasteiger partial charge in [0.25, 0.3) is 0 Å². The van der Waals surface area contributed by atoms with Gasteiger partial charge in [-0.3, -0.25) is 9.89 Å². The van der Waals surface area contributed by atoms with Gasteiger partial charge in [0.05, 0.1) is 10.7 Å². The zero-order valence-corrected chi connectivity index (χ0v) is 16.9. The van der Waals surface area contributed by atoms with Crippen LogP contribution >= 0.6 is 11.3 Å². The van der Waals surface area contributed by atoms with Crippen molar-refractivity contribution in [1.82, 2.24) is 20.5 Å². The van der Waals surface area contributed by atoms with Crippen molar-refractivity contribution >= 4 is 17.3 Å². The fourth-order valence-electron chi connectivity index (χ4n) is 3.35. The van der Waals surface area contributed by atoms with Crippen molar-refractivity contribution in [3.8, 4) is 0 Å². The Morgan fingerprint density at radius 1 is 1.33 bits per heavy atom. The maximum absolute atomic E-state index is 13.3. The second kappa shape index (κ2) is 9.80. The highest BCUT2D eigenvalue weighted by Gasteiger charge is 2.20. The van der Waals surface area contributed by atoms with E-state index in [0.29, 0.717) is 12.5 Å². The van der Waals surface area contributed by atoms with E-state index < -0.39 is 0 Å². The molecule has 0 spiro atoms. The third-order valence-corrected chi connectivity index (χ3v) is 5.71. The number of nitrogens with one attached hydrogen (secondary N) is 2. The molecule has 27 heavy (non-hydrogen) atoms. The molecular weight excluding hydrogens is 361 g/mol. The largest absolute Gasteiger partial charge is 0.356 e. The number of likely N-dealkylation sites (tertiary alicyclic amines) is 1. The molecule has 1 saturated heterocycles. The zero-order valence-electron chi connectivity index (χ0n) is 16.0. The van der Waals surface area contributed by atoms with E-state index >= 15 is 0 Å². The topological polar surface area (TPSA) is 52.6 Å². The van der Waals surface area contributed by atoms with Crippen LogP contribution in [0.3, 0.4) is 0 Å². The highest BCUT2D eigenvalue weighted by molar-refractivity contribution is 7.09. The lowest BCUT2D eigenvalue weighted by Gasteiger charge is -2.31. The van der Waals surface area contributed by atoms with E-state index in [1.165, 1.54) is 24.6 Å². The summed E-state index contributed by atoms with van der Waals surface area (Å²) >= 11 is 1.72. The maximum Gasteiger partial charge on any atom is 0.191 e. The van der Waals surface area contributed by atoms with Crippen molar-refractivity contribution in [2.24, 2.45) is 10.9 Å². The summed E-state index contributed by atoms with van der Waals surface area (Å²) in [6, 6.07) is 6.63. The van der Waals surface area contributed by atoms with Crippen molar-refractivity contribution in [2.45, 2.75) is 32.9 Å². The van der Waals surface area contributed by atoms with Crippen LogP contribution in [0.25, 0.3) is 0 Å². The third kappa shape index (κ3) is 6.29. The van der Waals surface area contributed by atoms with Crippen molar-refractivity contribution in [3.63, 3.8) is 0 Å². The molecule has 2 heterocycles. The van der Waals surface area contributed by atoms with Gasteiger partial charge < -0.3 is 10.6 Å². The van der Waals surface area contributed by atoms with Crippen LogP contribution in [0.5, 0.6) is 0 Å². The number of aliphatic imine (C=N–C) groups is 1. The number of aryl methyl sites for hydroxylation is 1. The minimum atomic E-state index is -0.211. The lowest BCUT2D eigenvalue weighted by Crippen LogP contribution is -2.42. The summed E-state index contributed by atoms with van der Waals surface area (Å²) < 4.78 is 13.3. The lowest BCUT2D eigenvalue weighted by atomic mass is 9.97. The molecule has 1 aromatic heterocycles. The Morgan fingerprint density at radius 3 is 2.81 bits per heavy atom. The van der Waals surface area contributed by atoms with Gasteiger partial charge in [-0.05, 0) is 56.5 Å². The number of guanidine groups is 1. The minimum Gasteiger partial charge on any atom is -0.356 e. The zero-order chi connectivity index (χ0) is 19.1. The first-order chi connectivity index (χ1) is 13.1. The number of halogens is 1. The number of piperidine rings is 1. The molecule has 146 valence electrons. The minimum absolute atomic E-state index is 0.211. The van der Waals surface area contributed by atoms with Crippen LogP contribution in [-0.2, 0) is 13.1 Å². The molecule has 0 atom stereocenters. The van der Waals surface area contributed by atoms with Crippen LogP contribution in [0.15, 0.2) is 34.6 Å². The number of aromatic nitrogens is 1. The van der Waals surface area contributed by atoms with Crippen molar-refractivity contribution in [3.05, 3.63) is 51.7 Å². The molecule has 2 aromatic rings. The SMILES string of the molecule is CN=C(NCc1cccc(F)c1)NCC1CCN(Cc2csc(C)n2)CC1. The summed E-state index contributed by atoms with van der Waals surface area (Å²) in [7, 11) is 1.76.